The maximum absolute atomic E-state index is 6.10. The van der Waals surface area contributed by atoms with E-state index in [2.05, 4.69) is 29.4 Å². The highest BCUT2D eigenvalue weighted by Gasteiger charge is 2.08. The van der Waals surface area contributed by atoms with E-state index in [1.807, 2.05) is 24.3 Å². The molecule has 2 aromatic rings. The van der Waals surface area contributed by atoms with Crippen LogP contribution < -0.4 is 15.8 Å². The van der Waals surface area contributed by atoms with Gasteiger partial charge in [-0.1, -0.05) is 48.9 Å². The minimum absolute atomic E-state index is 0.357. The van der Waals surface area contributed by atoms with Crippen LogP contribution in [0, 0.1) is 0 Å². The van der Waals surface area contributed by atoms with E-state index in [0.717, 1.165) is 12.1 Å². The molecule has 122 valence electrons. The number of aliphatic imine (C=N–C) groups is 1. The molecule has 0 bridgehead atoms. The van der Waals surface area contributed by atoms with Crippen LogP contribution in [0.1, 0.15) is 24.8 Å². The third-order valence-electron chi connectivity index (χ3n) is 3.67. The summed E-state index contributed by atoms with van der Waals surface area (Å²) in [6.07, 6.45) is 1.01. The molecule has 0 amide bonds. The Bertz CT molecular complexity index is 659. The Balaban J connectivity index is 2.01. The van der Waals surface area contributed by atoms with Gasteiger partial charge in [-0.2, -0.15) is 0 Å². The van der Waals surface area contributed by atoms with Gasteiger partial charge in [-0.05, 0) is 30.2 Å². The molecular weight excluding hydrogens is 310 g/mol. The summed E-state index contributed by atoms with van der Waals surface area (Å²) in [5.41, 5.74) is 8.03. The first-order valence-corrected chi connectivity index (χ1v) is 7.97. The number of nitrogens with zero attached hydrogens (tertiary/aromatic N) is 1. The van der Waals surface area contributed by atoms with Crippen LogP contribution in [0.5, 0.6) is 5.75 Å². The fourth-order valence-electron chi connectivity index (χ4n) is 2.34. The van der Waals surface area contributed by atoms with Crippen LogP contribution in [0.15, 0.2) is 53.5 Å². The van der Waals surface area contributed by atoms with Gasteiger partial charge < -0.3 is 15.8 Å². The Morgan fingerprint density at radius 3 is 2.61 bits per heavy atom. The predicted molar refractivity (Wildman–Crippen MR) is 97.6 cm³/mol. The van der Waals surface area contributed by atoms with Gasteiger partial charge in [0.25, 0.3) is 0 Å². The van der Waals surface area contributed by atoms with Gasteiger partial charge in [0.2, 0.25) is 0 Å². The summed E-state index contributed by atoms with van der Waals surface area (Å²) in [5.74, 6) is 1.36. The van der Waals surface area contributed by atoms with Crippen molar-refractivity contribution in [3.63, 3.8) is 0 Å². The van der Waals surface area contributed by atoms with Crippen molar-refractivity contribution >= 4 is 23.2 Å². The molecule has 1 atom stereocenters. The summed E-state index contributed by atoms with van der Waals surface area (Å²) in [4.78, 5) is 4.45. The van der Waals surface area contributed by atoms with Crippen molar-refractivity contribution in [3.05, 3.63) is 59.1 Å². The van der Waals surface area contributed by atoms with E-state index < -0.39 is 0 Å². The Kier molecular flexibility index (Phi) is 6.29. The van der Waals surface area contributed by atoms with E-state index in [0.29, 0.717) is 29.2 Å². The number of nitrogens with one attached hydrogen (secondary N) is 1. The number of halogens is 1. The largest absolute Gasteiger partial charge is 0.495 e. The highest BCUT2D eigenvalue weighted by atomic mass is 35.5. The van der Waals surface area contributed by atoms with Gasteiger partial charge in [-0.15, -0.1) is 0 Å². The van der Waals surface area contributed by atoms with E-state index in [1.54, 1.807) is 19.2 Å². The van der Waals surface area contributed by atoms with Gasteiger partial charge in [-0.25, -0.2) is 0 Å². The fraction of sp³-hybridized carbons (Fsp3) is 0.278. The van der Waals surface area contributed by atoms with Gasteiger partial charge in [0, 0.05) is 18.2 Å². The van der Waals surface area contributed by atoms with Crippen molar-refractivity contribution < 1.29 is 4.74 Å². The number of anilines is 1. The number of guanidine groups is 1. The van der Waals surface area contributed by atoms with E-state index in [1.165, 1.54) is 5.56 Å². The Morgan fingerprint density at radius 1 is 1.26 bits per heavy atom. The van der Waals surface area contributed by atoms with Gasteiger partial charge >= 0.3 is 0 Å². The summed E-state index contributed by atoms with van der Waals surface area (Å²) >= 11 is 6.10. The second-order valence-corrected chi connectivity index (χ2v) is 5.62. The SMILES string of the molecule is CCC(CN=C(N)Nc1ccc(OC)c(Cl)c1)c1ccccc1. The predicted octanol–water partition coefficient (Wildman–Crippen LogP) is 4.27. The Labute approximate surface area is 142 Å². The topological polar surface area (TPSA) is 59.6 Å². The zero-order chi connectivity index (χ0) is 16.7. The number of rotatable bonds is 6. The van der Waals surface area contributed by atoms with Crippen molar-refractivity contribution in [2.24, 2.45) is 10.7 Å². The number of hydrogen-bond acceptors (Lipinski definition) is 2. The molecule has 4 nitrogen and oxygen atoms in total. The van der Waals surface area contributed by atoms with Crippen LogP contribution in [0.25, 0.3) is 0 Å². The first-order chi connectivity index (χ1) is 11.1. The van der Waals surface area contributed by atoms with Crippen LogP contribution >= 0.6 is 11.6 Å². The minimum atomic E-state index is 0.357. The molecule has 3 N–H and O–H groups in total. The smallest absolute Gasteiger partial charge is 0.193 e. The monoisotopic (exact) mass is 331 g/mol. The van der Waals surface area contributed by atoms with Gasteiger partial charge in [-0.3, -0.25) is 4.99 Å². The van der Waals surface area contributed by atoms with Crippen molar-refractivity contribution in [2.45, 2.75) is 19.3 Å². The molecule has 0 fully saturated rings. The highest BCUT2D eigenvalue weighted by Crippen LogP contribution is 2.27. The summed E-state index contributed by atoms with van der Waals surface area (Å²) < 4.78 is 5.13. The maximum Gasteiger partial charge on any atom is 0.193 e. The lowest BCUT2D eigenvalue weighted by molar-refractivity contribution is 0.415. The molecule has 0 aliphatic rings. The fourth-order valence-corrected chi connectivity index (χ4v) is 2.59. The molecule has 2 rings (SSSR count). The van der Waals surface area contributed by atoms with Crippen molar-refractivity contribution in [1.29, 1.82) is 0 Å². The second kappa shape index (κ2) is 8.44. The number of ether oxygens (including phenoxy) is 1. The van der Waals surface area contributed by atoms with Crippen molar-refractivity contribution in [2.75, 3.05) is 19.0 Å². The van der Waals surface area contributed by atoms with Crippen LogP contribution in [0.2, 0.25) is 5.02 Å². The number of hydrogen-bond donors (Lipinski definition) is 2. The summed E-state index contributed by atoms with van der Waals surface area (Å²) in [6, 6.07) is 15.7. The van der Waals surface area contributed by atoms with E-state index in [9.17, 15) is 0 Å². The Hall–Kier alpha value is -2.20. The molecule has 1 unspecified atom stereocenters. The maximum atomic E-state index is 6.10. The molecule has 5 heteroatoms. The molecule has 0 saturated heterocycles. The van der Waals surface area contributed by atoms with Gasteiger partial charge in [0.1, 0.15) is 5.75 Å². The quantitative estimate of drug-likeness (QED) is 0.614. The molecular formula is C18H22ClN3O. The molecule has 0 heterocycles. The van der Waals surface area contributed by atoms with Crippen molar-refractivity contribution in [3.8, 4) is 5.75 Å². The van der Waals surface area contributed by atoms with Crippen LogP contribution in [0.4, 0.5) is 5.69 Å². The minimum Gasteiger partial charge on any atom is -0.495 e. The summed E-state index contributed by atoms with van der Waals surface area (Å²) in [6.45, 7) is 2.79. The summed E-state index contributed by atoms with van der Waals surface area (Å²) in [5, 5.41) is 3.58. The lowest BCUT2D eigenvalue weighted by atomic mass is 9.97. The van der Waals surface area contributed by atoms with Gasteiger partial charge in [0.15, 0.2) is 5.96 Å². The van der Waals surface area contributed by atoms with E-state index in [-0.39, 0.29) is 0 Å². The van der Waals surface area contributed by atoms with Gasteiger partial charge in [0.05, 0.1) is 12.1 Å². The first kappa shape index (κ1) is 17.2. The molecule has 0 radical (unpaired) electrons. The molecule has 23 heavy (non-hydrogen) atoms. The van der Waals surface area contributed by atoms with E-state index >= 15 is 0 Å². The average Bonchev–Trinajstić information content (AvgIpc) is 2.56. The lowest BCUT2D eigenvalue weighted by Gasteiger charge is -2.14. The normalized spacial score (nSPS) is 12.7. The third kappa shape index (κ3) is 4.89. The Morgan fingerprint density at radius 2 is 2.00 bits per heavy atom. The second-order valence-electron chi connectivity index (χ2n) is 5.22. The zero-order valence-corrected chi connectivity index (χ0v) is 14.2. The molecule has 0 spiro atoms. The first-order valence-electron chi connectivity index (χ1n) is 7.59. The zero-order valence-electron chi connectivity index (χ0n) is 13.4. The summed E-state index contributed by atoms with van der Waals surface area (Å²) in [7, 11) is 1.58. The molecule has 0 saturated carbocycles. The molecule has 0 aliphatic heterocycles. The molecule has 0 aliphatic carbocycles. The molecule has 0 aromatic heterocycles. The highest BCUT2D eigenvalue weighted by molar-refractivity contribution is 6.32. The van der Waals surface area contributed by atoms with Crippen LogP contribution in [-0.4, -0.2) is 19.6 Å². The number of methoxy groups -OCH3 is 1. The third-order valence-corrected chi connectivity index (χ3v) is 3.97. The standard InChI is InChI=1S/C18H22ClN3O/c1-3-13(14-7-5-4-6-8-14)12-21-18(20)22-15-9-10-17(23-2)16(19)11-15/h4-11,13H,3,12H2,1-2H3,(H3,20,21,22). The van der Waals surface area contributed by atoms with Crippen molar-refractivity contribution in [1.82, 2.24) is 0 Å². The number of nitrogens with two attached hydrogens (primary N) is 1. The van der Waals surface area contributed by atoms with Crippen LogP contribution in [-0.2, 0) is 0 Å². The lowest BCUT2D eigenvalue weighted by Crippen LogP contribution is -2.23. The van der Waals surface area contributed by atoms with E-state index in [4.69, 9.17) is 22.1 Å². The molecule has 2 aromatic carbocycles. The van der Waals surface area contributed by atoms with Crippen LogP contribution in [0.3, 0.4) is 0 Å². The number of benzene rings is 2. The average molecular weight is 332 g/mol.